The van der Waals surface area contributed by atoms with Gasteiger partial charge in [-0.2, -0.15) is 9.71 Å². The Bertz CT molecular complexity index is 963. The molecule has 134 valence electrons. The van der Waals surface area contributed by atoms with Crippen molar-refractivity contribution in [2.75, 3.05) is 39.1 Å². The first-order valence-corrected chi connectivity index (χ1v) is 8.56. The van der Waals surface area contributed by atoms with Crippen LogP contribution >= 0.6 is 0 Å². The van der Waals surface area contributed by atoms with Crippen LogP contribution in [0.15, 0.2) is 48.8 Å². The van der Waals surface area contributed by atoms with Crippen molar-refractivity contribution in [2.45, 2.75) is 0 Å². The Kier molecular flexibility index (Phi) is 4.22. The summed E-state index contributed by atoms with van der Waals surface area (Å²) in [4.78, 5) is 6.46. The van der Waals surface area contributed by atoms with Crippen LogP contribution in [0.2, 0.25) is 0 Å². The van der Waals surface area contributed by atoms with Crippen molar-refractivity contribution in [1.29, 1.82) is 0 Å². The third-order valence-corrected chi connectivity index (χ3v) is 4.33. The second kappa shape index (κ2) is 6.68. The maximum atomic E-state index is 12.7. The molecule has 2 aromatic heterocycles. The minimum atomic E-state index is 0.512. The summed E-state index contributed by atoms with van der Waals surface area (Å²) in [5.41, 5.74) is 3.08. The summed E-state index contributed by atoms with van der Waals surface area (Å²) >= 11 is 0. The van der Waals surface area contributed by atoms with Crippen molar-refractivity contribution < 1.29 is 9.47 Å². The van der Waals surface area contributed by atoms with Crippen molar-refractivity contribution in [2.24, 2.45) is 0 Å². The number of nitrogens with zero attached hydrogens (tertiary/aromatic N) is 4. The smallest absolute Gasteiger partial charge is 0.265 e. The van der Waals surface area contributed by atoms with E-state index in [1.807, 2.05) is 66.0 Å². The van der Waals surface area contributed by atoms with Crippen LogP contribution in [0.5, 0.6) is 5.88 Å². The zero-order valence-corrected chi connectivity index (χ0v) is 14.8. The Balaban J connectivity index is 1.75. The Morgan fingerprint density at radius 3 is 2.88 bits per heavy atom. The van der Waals surface area contributed by atoms with E-state index in [-0.39, 0.29) is 0 Å². The van der Waals surface area contributed by atoms with Gasteiger partial charge in [0.2, 0.25) is 17.7 Å². The van der Waals surface area contributed by atoms with Crippen LogP contribution in [0.3, 0.4) is 0 Å². The minimum Gasteiger partial charge on any atom is -0.618 e. The number of aromatic nitrogens is 3. The first-order valence-electron chi connectivity index (χ1n) is 8.56. The fourth-order valence-electron chi connectivity index (χ4n) is 3.07. The second-order valence-electron chi connectivity index (χ2n) is 6.48. The quantitative estimate of drug-likeness (QED) is 0.560. The summed E-state index contributed by atoms with van der Waals surface area (Å²) in [5.74, 6) is 1.24. The van der Waals surface area contributed by atoms with E-state index in [1.54, 1.807) is 0 Å². The van der Waals surface area contributed by atoms with Gasteiger partial charge in [-0.05, 0) is 19.7 Å². The van der Waals surface area contributed by atoms with E-state index in [1.165, 1.54) is 6.20 Å². The standard InChI is InChI=1S/C19H21N5O2/c1-22(2)10-11-26-17-13-23-16(21-17)12-24(25)18-15(8-9-20-19(18)23)14-6-4-3-5-7-14/h3-8,12-13,20H,9-11H2,1-2H3. The highest BCUT2D eigenvalue weighted by Crippen LogP contribution is 2.31. The number of benzene rings is 1. The molecule has 0 saturated heterocycles. The third-order valence-electron chi connectivity index (χ3n) is 4.33. The molecule has 1 N–H and O–H groups in total. The molecule has 1 aliphatic rings. The van der Waals surface area contributed by atoms with Crippen molar-refractivity contribution in [1.82, 2.24) is 14.3 Å². The molecule has 26 heavy (non-hydrogen) atoms. The van der Waals surface area contributed by atoms with E-state index in [0.29, 0.717) is 30.4 Å². The summed E-state index contributed by atoms with van der Waals surface area (Å²) in [6.07, 6.45) is 5.34. The zero-order chi connectivity index (χ0) is 18.1. The molecule has 1 aromatic carbocycles. The number of hydrogen-bond donors (Lipinski definition) is 1. The van der Waals surface area contributed by atoms with Crippen LogP contribution in [-0.2, 0) is 0 Å². The molecular weight excluding hydrogens is 330 g/mol. The van der Waals surface area contributed by atoms with Gasteiger partial charge in [0.05, 0.1) is 11.8 Å². The lowest BCUT2D eigenvalue weighted by molar-refractivity contribution is -0.606. The van der Waals surface area contributed by atoms with Crippen LogP contribution in [0, 0.1) is 5.21 Å². The Hall–Kier alpha value is -3.06. The molecule has 0 spiro atoms. The van der Waals surface area contributed by atoms with Crippen LogP contribution in [0.1, 0.15) is 11.3 Å². The molecule has 1 aliphatic heterocycles. The van der Waals surface area contributed by atoms with Gasteiger partial charge in [-0.1, -0.05) is 36.4 Å². The van der Waals surface area contributed by atoms with Crippen molar-refractivity contribution in [3.05, 3.63) is 65.3 Å². The van der Waals surface area contributed by atoms with E-state index in [0.717, 1.165) is 28.2 Å². The monoisotopic (exact) mass is 351 g/mol. The molecule has 0 atom stereocenters. The molecule has 0 aliphatic carbocycles. The second-order valence-corrected chi connectivity index (χ2v) is 6.48. The average molecular weight is 351 g/mol. The molecule has 0 bridgehead atoms. The number of rotatable bonds is 5. The van der Waals surface area contributed by atoms with Gasteiger partial charge in [0.25, 0.3) is 5.69 Å². The van der Waals surface area contributed by atoms with Gasteiger partial charge < -0.3 is 20.2 Å². The molecule has 4 rings (SSSR count). The molecule has 0 fully saturated rings. The van der Waals surface area contributed by atoms with Gasteiger partial charge in [0, 0.05) is 13.1 Å². The lowest BCUT2D eigenvalue weighted by atomic mass is 10.00. The summed E-state index contributed by atoms with van der Waals surface area (Å²) in [7, 11) is 3.98. The average Bonchev–Trinajstić information content (AvgIpc) is 3.04. The number of nitrogens with one attached hydrogen (secondary N) is 1. The largest absolute Gasteiger partial charge is 0.618 e. The van der Waals surface area contributed by atoms with Gasteiger partial charge in [0.15, 0.2) is 5.82 Å². The zero-order valence-electron chi connectivity index (χ0n) is 14.8. The van der Waals surface area contributed by atoms with Gasteiger partial charge in [-0.25, -0.2) is 0 Å². The van der Waals surface area contributed by atoms with Gasteiger partial charge >= 0.3 is 0 Å². The third kappa shape index (κ3) is 2.97. The van der Waals surface area contributed by atoms with Gasteiger partial charge in [-0.3, -0.25) is 4.40 Å². The molecule has 3 aromatic rings. The van der Waals surface area contributed by atoms with Crippen molar-refractivity contribution in [3.8, 4) is 5.88 Å². The highest BCUT2D eigenvalue weighted by atomic mass is 16.5. The molecule has 7 nitrogen and oxygen atoms in total. The SMILES string of the molecule is CN(C)CCOc1cn2c3c([n+]([O-])cc2n1)C(c1ccccc1)=CCN3. The van der Waals surface area contributed by atoms with Crippen molar-refractivity contribution >= 4 is 17.0 Å². The normalized spacial score (nSPS) is 13.4. The summed E-state index contributed by atoms with van der Waals surface area (Å²) in [5, 5.41) is 16.0. The van der Waals surface area contributed by atoms with Crippen LogP contribution in [0.4, 0.5) is 5.82 Å². The van der Waals surface area contributed by atoms with E-state index in [4.69, 9.17) is 4.74 Å². The molecule has 3 heterocycles. The van der Waals surface area contributed by atoms with E-state index in [9.17, 15) is 5.21 Å². The highest BCUT2D eigenvalue weighted by molar-refractivity contribution is 5.84. The minimum absolute atomic E-state index is 0.512. The molecule has 0 unspecified atom stereocenters. The predicted octanol–water partition coefficient (Wildman–Crippen LogP) is 1.77. The number of imidazole rings is 1. The number of ether oxygens (including phenoxy) is 1. The van der Waals surface area contributed by atoms with Gasteiger partial charge in [0.1, 0.15) is 6.61 Å². The fraction of sp³-hybridized carbons (Fsp3) is 0.263. The van der Waals surface area contributed by atoms with Crippen molar-refractivity contribution in [3.63, 3.8) is 0 Å². The highest BCUT2D eigenvalue weighted by Gasteiger charge is 2.26. The lowest BCUT2D eigenvalue weighted by Gasteiger charge is -2.19. The topological polar surface area (TPSA) is 68.7 Å². The van der Waals surface area contributed by atoms with Crippen LogP contribution in [-0.4, -0.2) is 48.1 Å². The molecule has 0 radical (unpaired) electrons. The molecule has 0 amide bonds. The van der Waals surface area contributed by atoms with E-state index in [2.05, 4.69) is 10.3 Å². The number of likely N-dealkylation sites (N-methyl/N-ethyl adjacent to an activating group) is 1. The summed E-state index contributed by atoms with van der Waals surface area (Å²) < 4.78 is 8.48. The molecule has 0 saturated carbocycles. The predicted molar refractivity (Wildman–Crippen MR) is 100 cm³/mol. The summed E-state index contributed by atoms with van der Waals surface area (Å²) in [6, 6.07) is 9.93. The maximum absolute atomic E-state index is 12.7. The molecule has 7 heteroatoms. The molecular formula is C19H21N5O2. The Morgan fingerprint density at radius 2 is 2.12 bits per heavy atom. The Morgan fingerprint density at radius 1 is 1.31 bits per heavy atom. The van der Waals surface area contributed by atoms with Gasteiger partial charge in [-0.15, -0.1) is 0 Å². The first-order chi connectivity index (χ1) is 12.6. The first kappa shape index (κ1) is 16.4. The van der Waals surface area contributed by atoms with E-state index < -0.39 is 0 Å². The Labute approximate surface area is 151 Å². The summed E-state index contributed by atoms with van der Waals surface area (Å²) in [6.45, 7) is 1.98. The lowest BCUT2D eigenvalue weighted by Crippen LogP contribution is -2.35. The fourth-order valence-corrected chi connectivity index (χ4v) is 3.07. The maximum Gasteiger partial charge on any atom is 0.265 e. The van der Waals surface area contributed by atoms with Crippen LogP contribution in [0.25, 0.3) is 11.2 Å². The number of fused-ring (bicyclic) bond motifs is 3. The van der Waals surface area contributed by atoms with Crippen LogP contribution < -0.4 is 14.8 Å². The number of hydrogen-bond acceptors (Lipinski definition) is 5. The van der Waals surface area contributed by atoms with E-state index >= 15 is 0 Å². The number of anilines is 1.